The Bertz CT molecular complexity index is 1460. The second-order valence-electron chi connectivity index (χ2n) is 7.38. The zero-order chi connectivity index (χ0) is 24.9. The number of aromatic amines is 1. The number of rotatable bonds is 7. The van der Waals surface area contributed by atoms with Crippen molar-refractivity contribution in [3.8, 4) is 22.7 Å². The number of hydrogen-bond donors (Lipinski definition) is 2. The van der Waals surface area contributed by atoms with Gasteiger partial charge >= 0.3 is 0 Å². The lowest BCUT2D eigenvalue weighted by Gasteiger charge is -2.05. The van der Waals surface area contributed by atoms with E-state index in [0.717, 1.165) is 0 Å². The number of amides is 1. The van der Waals surface area contributed by atoms with Crippen molar-refractivity contribution in [1.29, 1.82) is 0 Å². The summed E-state index contributed by atoms with van der Waals surface area (Å²) in [5.74, 6) is 0.187. The summed E-state index contributed by atoms with van der Waals surface area (Å²) in [6.07, 6.45) is 2.98. The highest BCUT2D eigenvalue weighted by Gasteiger charge is 2.20. The highest BCUT2D eigenvalue weighted by atomic mass is 16.6. The van der Waals surface area contributed by atoms with Crippen LogP contribution in [0.25, 0.3) is 16.9 Å². The molecule has 0 saturated heterocycles. The van der Waals surface area contributed by atoms with Crippen molar-refractivity contribution in [2.45, 2.75) is 6.92 Å². The van der Waals surface area contributed by atoms with Crippen molar-refractivity contribution >= 4 is 17.3 Å². The Morgan fingerprint density at radius 3 is 2.34 bits per heavy atom. The number of H-pyrrole nitrogens is 1. The molecule has 0 atom stereocenters. The summed E-state index contributed by atoms with van der Waals surface area (Å²) in [4.78, 5) is 40.2. The van der Waals surface area contributed by atoms with Gasteiger partial charge in [-0.15, -0.1) is 0 Å². The lowest BCUT2D eigenvalue weighted by atomic mass is 10.1. The minimum atomic E-state index is -0.516. The molecule has 35 heavy (non-hydrogen) atoms. The van der Waals surface area contributed by atoms with E-state index in [9.17, 15) is 19.7 Å². The zero-order valence-electron chi connectivity index (χ0n) is 18.8. The summed E-state index contributed by atoms with van der Waals surface area (Å²) in [5, 5.41) is 18.2. The van der Waals surface area contributed by atoms with Crippen molar-refractivity contribution < 1.29 is 14.5 Å². The fraction of sp³-hybridized carbons (Fsp3) is 0.0833. The van der Waals surface area contributed by atoms with E-state index in [1.165, 1.54) is 41.3 Å². The van der Waals surface area contributed by atoms with E-state index in [-0.39, 0.29) is 17.0 Å². The van der Waals surface area contributed by atoms with Gasteiger partial charge in [0.25, 0.3) is 17.2 Å². The van der Waals surface area contributed by atoms with Gasteiger partial charge in [-0.3, -0.25) is 29.8 Å². The number of carbonyl (C=O) groups is 1. The molecule has 0 fully saturated rings. The van der Waals surface area contributed by atoms with Gasteiger partial charge in [-0.05, 0) is 55.5 Å². The number of nitro benzene ring substituents is 1. The number of carbonyl (C=O) groups excluding carboxylic acids is 1. The van der Waals surface area contributed by atoms with Crippen molar-refractivity contribution in [3.63, 3.8) is 0 Å². The highest BCUT2D eigenvalue weighted by Crippen LogP contribution is 2.24. The Balaban J connectivity index is 1.78. The smallest absolute Gasteiger partial charge is 0.281 e. The maximum absolute atomic E-state index is 13.4. The van der Waals surface area contributed by atoms with Gasteiger partial charge in [0.05, 0.1) is 34.7 Å². The van der Waals surface area contributed by atoms with Crippen LogP contribution in [0.3, 0.4) is 0 Å². The average molecular weight is 472 g/mol. The molecule has 0 saturated carbocycles. The molecule has 176 valence electrons. The molecule has 2 aromatic carbocycles. The topological polar surface area (TPSA) is 145 Å². The number of aromatic nitrogens is 3. The molecule has 2 aromatic heterocycles. The van der Waals surface area contributed by atoms with Gasteiger partial charge in [-0.2, -0.15) is 5.10 Å². The number of nitrogens with zero attached hydrogens (tertiary/aromatic N) is 4. The summed E-state index contributed by atoms with van der Waals surface area (Å²) < 4.78 is 6.48. The van der Waals surface area contributed by atoms with Crippen LogP contribution in [0, 0.1) is 10.1 Å². The normalized spacial score (nSPS) is 11.2. The monoisotopic (exact) mass is 472 g/mol. The minimum Gasteiger partial charge on any atom is -0.497 e. The molecule has 1 amide bonds. The van der Waals surface area contributed by atoms with Gasteiger partial charge in [0.15, 0.2) is 0 Å². The van der Waals surface area contributed by atoms with E-state index in [2.05, 4.69) is 20.6 Å². The molecular formula is C24H20N6O5. The van der Waals surface area contributed by atoms with Gasteiger partial charge < -0.3 is 4.74 Å². The van der Waals surface area contributed by atoms with Crippen LogP contribution in [-0.4, -0.2) is 38.4 Å². The van der Waals surface area contributed by atoms with Gasteiger partial charge in [-0.1, -0.05) is 0 Å². The van der Waals surface area contributed by atoms with E-state index in [1.807, 2.05) is 0 Å². The van der Waals surface area contributed by atoms with Gasteiger partial charge in [0.2, 0.25) is 0 Å². The molecule has 11 nitrogen and oxygen atoms in total. The van der Waals surface area contributed by atoms with Crippen molar-refractivity contribution in [2.24, 2.45) is 5.10 Å². The molecule has 0 aliphatic heterocycles. The first-order valence-electron chi connectivity index (χ1n) is 10.4. The molecule has 0 aliphatic rings. The SMILES string of the molecule is COc1ccc(-c2[nH]n(-c3ccc([N+](=O)[O-])cc3)c(=O)c2C(C)=NNC(=O)c2ccncc2)cc1. The first kappa shape index (κ1) is 23.1. The molecule has 0 bridgehead atoms. The van der Waals surface area contributed by atoms with Crippen LogP contribution in [0.5, 0.6) is 5.75 Å². The van der Waals surface area contributed by atoms with Crippen LogP contribution < -0.4 is 15.7 Å². The summed E-state index contributed by atoms with van der Waals surface area (Å²) in [6, 6.07) is 15.7. The molecule has 4 rings (SSSR count). The van der Waals surface area contributed by atoms with Crippen molar-refractivity contribution in [1.82, 2.24) is 20.2 Å². The molecule has 0 unspecified atom stereocenters. The van der Waals surface area contributed by atoms with Crippen molar-refractivity contribution in [3.05, 3.63) is 105 Å². The number of nitro groups is 1. The lowest BCUT2D eigenvalue weighted by molar-refractivity contribution is -0.384. The predicted molar refractivity (Wildman–Crippen MR) is 129 cm³/mol. The van der Waals surface area contributed by atoms with Crippen LogP contribution in [-0.2, 0) is 0 Å². The average Bonchev–Trinajstić information content (AvgIpc) is 3.24. The standard InChI is InChI=1S/C24H20N6O5/c1-15(26-27-23(31)17-11-13-25-14-12-17)21-22(16-3-9-20(35-2)10-4-16)28-29(24(21)32)18-5-7-19(8-6-18)30(33)34/h3-14,28H,1-2H3,(H,27,31). The van der Waals surface area contributed by atoms with Crippen LogP contribution in [0.1, 0.15) is 22.8 Å². The number of hydrazone groups is 1. The Labute approximate surface area is 198 Å². The third-order valence-corrected chi connectivity index (χ3v) is 5.22. The summed E-state index contributed by atoms with van der Waals surface area (Å²) >= 11 is 0. The number of ether oxygens (including phenoxy) is 1. The number of non-ortho nitro benzene ring substituents is 1. The third-order valence-electron chi connectivity index (χ3n) is 5.22. The first-order valence-corrected chi connectivity index (χ1v) is 10.4. The van der Waals surface area contributed by atoms with Gasteiger partial charge in [-0.25, -0.2) is 10.1 Å². The molecule has 0 aliphatic carbocycles. The Hall–Kier alpha value is -5.06. The summed E-state index contributed by atoms with van der Waals surface area (Å²) in [5.41, 5.74) is 4.30. The molecule has 0 spiro atoms. The Morgan fingerprint density at radius 2 is 1.74 bits per heavy atom. The second-order valence-corrected chi connectivity index (χ2v) is 7.38. The zero-order valence-corrected chi connectivity index (χ0v) is 18.8. The van der Waals surface area contributed by atoms with E-state index in [1.54, 1.807) is 50.4 Å². The number of hydrogen-bond acceptors (Lipinski definition) is 7. The fourth-order valence-corrected chi connectivity index (χ4v) is 3.40. The van der Waals surface area contributed by atoms with E-state index in [0.29, 0.717) is 28.3 Å². The van der Waals surface area contributed by atoms with E-state index >= 15 is 0 Å². The van der Waals surface area contributed by atoms with Gasteiger partial charge in [0, 0.05) is 35.7 Å². The van der Waals surface area contributed by atoms with E-state index < -0.39 is 16.4 Å². The van der Waals surface area contributed by atoms with Crippen LogP contribution in [0.2, 0.25) is 0 Å². The lowest BCUT2D eigenvalue weighted by Crippen LogP contribution is -2.23. The molecule has 0 radical (unpaired) electrons. The number of nitrogens with one attached hydrogen (secondary N) is 2. The maximum Gasteiger partial charge on any atom is 0.281 e. The van der Waals surface area contributed by atoms with Crippen LogP contribution in [0.4, 0.5) is 5.69 Å². The number of methoxy groups -OCH3 is 1. The summed E-state index contributed by atoms with van der Waals surface area (Å²) in [7, 11) is 1.55. The van der Waals surface area contributed by atoms with Gasteiger partial charge in [0.1, 0.15) is 5.75 Å². The maximum atomic E-state index is 13.4. The largest absolute Gasteiger partial charge is 0.497 e. The van der Waals surface area contributed by atoms with Crippen LogP contribution in [0.15, 0.2) is 83.0 Å². The molecule has 2 heterocycles. The third kappa shape index (κ3) is 4.83. The van der Waals surface area contributed by atoms with Crippen molar-refractivity contribution in [2.75, 3.05) is 7.11 Å². The Kier molecular flexibility index (Phi) is 6.49. The second kappa shape index (κ2) is 9.83. The quantitative estimate of drug-likeness (QED) is 0.240. The summed E-state index contributed by atoms with van der Waals surface area (Å²) in [6.45, 7) is 1.60. The van der Waals surface area contributed by atoms with E-state index in [4.69, 9.17) is 4.74 Å². The molecule has 11 heteroatoms. The molecule has 4 aromatic rings. The fourth-order valence-electron chi connectivity index (χ4n) is 3.40. The molecule has 2 N–H and O–H groups in total. The first-order chi connectivity index (χ1) is 16.9. The number of benzene rings is 2. The van der Waals surface area contributed by atoms with Crippen LogP contribution >= 0.6 is 0 Å². The molecular weight excluding hydrogens is 452 g/mol. The highest BCUT2D eigenvalue weighted by molar-refractivity contribution is 6.04. The Morgan fingerprint density at radius 1 is 1.09 bits per heavy atom. The predicted octanol–water partition coefficient (Wildman–Crippen LogP) is 3.30. The minimum absolute atomic E-state index is 0.0967. The number of pyridine rings is 1.